The van der Waals surface area contributed by atoms with Crippen LogP contribution in [0.15, 0.2) is 30.3 Å². The molecule has 0 fully saturated rings. The highest BCUT2D eigenvalue weighted by atomic mass is 16.1. The Morgan fingerprint density at radius 1 is 1.33 bits per heavy atom. The lowest BCUT2D eigenvalue weighted by molar-refractivity contribution is -0.116. The van der Waals surface area contributed by atoms with Gasteiger partial charge in [0.2, 0.25) is 5.91 Å². The number of nitrogens with two attached hydrogens (primary N) is 1. The quantitative estimate of drug-likeness (QED) is 0.763. The summed E-state index contributed by atoms with van der Waals surface area (Å²) < 4.78 is 1.73. The Bertz CT molecular complexity index is 755. The van der Waals surface area contributed by atoms with E-state index < -0.39 is 0 Å². The Morgan fingerprint density at radius 2 is 2.08 bits per heavy atom. The molecule has 1 heterocycles. The molecule has 0 radical (unpaired) electrons. The number of nitrogen functional groups attached to an aromatic ring is 1. The molecule has 0 saturated carbocycles. The van der Waals surface area contributed by atoms with E-state index in [0.717, 1.165) is 42.6 Å². The summed E-state index contributed by atoms with van der Waals surface area (Å²) >= 11 is 0. The van der Waals surface area contributed by atoms with Gasteiger partial charge in [0.25, 0.3) is 0 Å². The van der Waals surface area contributed by atoms with Crippen LogP contribution < -0.4 is 11.1 Å². The van der Waals surface area contributed by atoms with Crippen LogP contribution in [0.4, 0.5) is 11.4 Å². The molecule has 2 rings (SSSR count). The molecular weight excluding hydrogens is 300 g/mol. The van der Waals surface area contributed by atoms with Crippen LogP contribution in [0.2, 0.25) is 0 Å². The van der Waals surface area contributed by atoms with Crippen molar-refractivity contribution in [2.75, 3.05) is 11.1 Å². The third kappa shape index (κ3) is 4.17. The largest absolute Gasteiger partial charge is 0.397 e. The first-order valence-electron chi connectivity index (χ1n) is 8.30. The van der Waals surface area contributed by atoms with Crippen molar-refractivity contribution in [3.05, 3.63) is 47.3 Å². The Morgan fingerprint density at radius 3 is 2.75 bits per heavy atom. The lowest BCUT2D eigenvalue weighted by Crippen LogP contribution is -2.21. The number of nitrogens with zero attached hydrogens (tertiary/aromatic N) is 2. The van der Waals surface area contributed by atoms with E-state index in [9.17, 15) is 10.1 Å². The minimum absolute atomic E-state index is 0.0931. The van der Waals surface area contributed by atoms with Crippen LogP contribution in [0.25, 0.3) is 0 Å². The van der Waals surface area contributed by atoms with E-state index in [4.69, 9.17) is 5.73 Å². The second-order valence-corrected chi connectivity index (χ2v) is 5.95. The summed E-state index contributed by atoms with van der Waals surface area (Å²) in [5, 5.41) is 12.2. The number of carbonyl (C=O) groups is 1. The second-order valence-electron chi connectivity index (χ2n) is 5.95. The number of anilines is 2. The minimum atomic E-state index is -0.159. The van der Waals surface area contributed by atoms with Gasteiger partial charge in [0, 0.05) is 11.4 Å². The first kappa shape index (κ1) is 17.6. The van der Waals surface area contributed by atoms with E-state index in [0.29, 0.717) is 11.4 Å². The number of amides is 1. The number of hydrogen-bond acceptors (Lipinski definition) is 3. The van der Waals surface area contributed by atoms with Gasteiger partial charge < -0.3 is 15.6 Å². The number of hydrogen-bond donors (Lipinski definition) is 2. The standard InChI is InChI=1S/C19H24N4O/c1-3-4-5-10-18-16(21)11-15(12-20)23(18)13-19(24)22-17-9-7-6-8-14(17)2/h6-9,11H,3-5,10,13,21H2,1-2H3,(H,22,24). The van der Waals surface area contributed by atoms with Crippen LogP contribution in [0, 0.1) is 18.3 Å². The maximum atomic E-state index is 12.4. The fourth-order valence-corrected chi connectivity index (χ4v) is 2.75. The van der Waals surface area contributed by atoms with Crippen LogP contribution in [-0.2, 0) is 17.8 Å². The zero-order chi connectivity index (χ0) is 17.5. The maximum Gasteiger partial charge on any atom is 0.244 e. The molecule has 0 aliphatic heterocycles. The average Bonchev–Trinajstić information content (AvgIpc) is 2.85. The molecule has 1 amide bonds. The third-order valence-electron chi connectivity index (χ3n) is 4.09. The first-order valence-corrected chi connectivity index (χ1v) is 8.30. The van der Waals surface area contributed by atoms with Gasteiger partial charge in [0.1, 0.15) is 18.3 Å². The summed E-state index contributed by atoms with van der Waals surface area (Å²) in [4.78, 5) is 12.4. The Labute approximate surface area is 143 Å². The number of aromatic nitrogens is 1. The summed E-state index contributed by atoms with van der Waals surface area (Å²) in [5.74, 6) is -0.159. The summed E-state index contributed by atoms with van der Waals surface area (Å²) in [6.07, 6.45) is 3.98. The zero-order valence-corrected chi connectivity index (χ0v) is 14.3. The molecular formula is C19H24N4O. The normalized spacial score (nSPS) is 10.4. The van der Waals surface area contributed by atoms with Crippen molar-refractivity contribution in [1.29, 1.82) is 5.26 Å². The van der Waals surface area contributed by atoms with Crippen LogP contribution in [0.3, 0.4) is 0 Å². The monoisotopic (exact) mass is 324 g/mol. The van der Waals surface area contributed by atoms with E-state index in [2.05, 4.69) is 18.3 Å². The molecule has 24 heavy (non-hydrogen) atoms. The van der Waals surface area contributed by atoms with E-state index >= 15 is 0 Å². The fourth-order valence-electron chi connectivity index (χ4n) is 2.75. The molecule has 126 valence electrons. The van der Waals surface area contributed by atoms with Gasteiger partial charge in [0.15, 0.2) is 0 Å². The van der Waals surface area contributed by atoms with Crippen LogP contribution >= 0.6 is 0 Å². The number of carbonyl (C=O) groups excluding carboxylic acids is 1. The van der Waals surface area contributed by atoms with Crippen molar-refractivity contribution < 1.29 is 4.79 Å². The Hall–Kier alpha value is -2.74. The Balaban J connectivity index is 2.17. The Kier molecular flexibility index (Phi) is 6.02. The van der Waals surface area contributed by atoms with Gasteiger partial charge in [-0.2, -0.15) is 5.26 Å². The van der Waals surface area contributed by atoms with Crippen LogP contribution in [-0.4, -0.2) is 10.5 Å². The molecule has 0 atom stereocenters. The topological polar surface area (TPSA) is 83.8 Å². The molecule has 0 saturated heterocycles. The number of aryl methyl sites for hydroxylation is 1. The second kappa shape index (κ2) is 8.21. The number of nitriles is 1. The van der Waals surface area contributed by atoms with Crippen molar-refractivity contribution in [2.24, 2.45) is 0 Å². The van der Waals surface area contributed by atoms with Crippen molar-refractivity contribution in [3.8, 4) is 6.07 Å². The van der Waals surface area contributed by atoms with Crippen molar-refractivity contribution in [2.45, 2.75) is 46.1 Å². The van der Waals surface area contributed by atoms with Gasteiger partial charge in [-0.3, -0.25) is 4.79 Å². The summed E-state index contributed by atoms with van der Waals surface area (Å²) in [6.45, 7) is 4.18. The molecule has 1 aromatic heterocycles. The average molecular weight is 324 g/mol. The van der Waals surface area contributed by atoms with E-state index in [1.807, 2.05) is 31.2 Å². The number of unbranched alkanes of at least 4 members (excludes halogenated alkanes) is 2. The highest BCUT2D eigenvalue weighted by Crippen LogP contribution is 2.21. The highest BCUT2D eigenvalue weighted by molar-refractivity contribution is 5.91. The lowest BCUT2D eigenvalue weighted by atomic mass is 10.1. The summed E-state index contributed by atoms with van der Waals surface area (Å²) in [5.41, 5.74) is 9.73. The molecule has 5 nitrogen and oxygen atoms in total. The predicted octanol–water partition coefficient (Wildman–Crippen LogP) is 3.62. The van der Waals surface area contributed by atoms with E-state index in [1.54, 1.807) is 10.6 Å². The van der Waals surface area contributed by atoms with E-state index in [1.165, 1.54) is 0 Å². The summed E-state index contributed by atoms with van der Waals surface area (Å²) in [7, 11) is 0. The molecule has 3 N–H and O–H groups in total. The van der Waals surface area contributed by atoms with Gasteiger partial charge in [-0.05, 0) is 37.5 Å². The smallest absolute Gasteiger partial charge is 0.244 e. The molecule has 0 aliphatic carbocycles. The van der Waals surface area contributed by atoms with Gasteiger partial charge >= 0.3 is 0 Å². The first-order chi connectivity index (χ1) is 11.6. The van der Waals surface area contributed by atoms with Gasteiger partial charge in [-0.25, -0.2) is 0 Å². The highest BCUT2D eigenvalue weighted by Gasteiger charge is 2.16. The lowest BCUT2D eigenvalue weighted by Gasteiger charge is -2.13. The molecule has 0 bridgehead atoms. The fraction of sp³-hybridized carbons (Fsp3) is 0.368. The predicted molar refractivity (Wildman–Crippen MR) is 96.6 cm³/mol. The van der Waals surface area contributed by atoms with Crippen molar-refractivity contribution in [1.82, 2.24) is 4.57 Å². The third-order valence-corrected chi connectivity index (χ3v) is 4.09. The number of benzene rings is 1. The molecule has 0 aliphatic rings. The molecule has 5 heteroatoms. The number of nitrogens with one attached hydrogen (secondary N) is 1. The van der Waals surface area contributed by atoms with Gasteiger partial charge in [-0.15, -0.1) is 0 Å². The van der Waals surface area contributed by atoms with Crippen molar-refractivity contribution in [3.63, 3.8) is 0 Å². The van der Waals surface area contributed by atoms with Crippen molar-refractivity contribution >= 4 is 17.3 Å². The number of para-hydroxylation sites is 1. The zero-order valence-electron chi connectivity index (χ0n) is 14.3. The number of rotatable bonds is 7. The molecule has 1 aromatic carbocycles. The van der Waals surface area contributed by atoms with Gasteiger partial charge in [-0.1, -0.05) is 38.0 Å². The van der Waals surface area contributed by atoms with Crippen LogP contribution in [0.5, 0.6) is 0 Å². The SMILES string of the molecule is CCCCCc1c(N)cc(C#N)n1CC(=O)Nc1ccccc1C. The maximum absolute atomic E-state index is 12.4. The molecule has 0 unspecified atom stereocenters. The molecule has 0 spiro atoms. The van der Waals surface area contributed by atoms with Crippen LogP contribution in [0.1, 0.15) is 43.1 Å². The van der Waals surface area contributed by atoms with E-state index in [-0.39, 0.29) is 12.5 Å². The van der Waals surface area contributed by atoms with Gasteiger partial charge in [0.05, 0.1) is 5.69 Å². The summed E-state index contributed by atoms with van der Waals surface area (Å²) in [6, 6.07) is 11.4. The molecule has 2 aromatic rings. The minimum Gasteiger partial charge on any atom is -0.397 e.